The quantitative estimate of drug-likeness (QED) is 0.0720. The fourth-order valence-electron chi connectivity index (χ4n) is 7.67. The largest absolute Gasteiger partial charge is 0.479 e. The van der Waals surface area contributed by atoms with Crippen LogP contribution in [0.3, 0.4) is 0 Å². The molecule has 4 aliphatic heterocycles. The highest BCUT2D eigenvalue weighted by molar-refractivity contribution is 8.36. The molecule has 8 unspecified atom stereocenters. The second-order valence-corrected chi connectivity index (χ2v) is 24.2. The molecule has 2 fully saturated rings. The number of nitrogens with zero attached hydrogens (tertiary/aromatic N) is 2. The number of carbonyl (C=O) groups is 7. The fourth-order valence-corrected chi connectivity index (χ4v) is 17.2. The van der Waals surface area contributed by atoms with Crippen molar-refractivity contribution in [3.63, 3.8) is 0 Å². The van der Waals surface area contributed by atoms with Crippen molar-refractivity contribution in [3.8, 4) is 0 Å². The number of ether oxygens (including phenoxy) is 1. The number of thiol groups is 4. The molecule has 0 aliphatic carbocycles. The maximum absolute atomic E-state index is 14.1. The van der Waals surface area contributed by atoms with E-state index in [9.17, 15) is 43.8 Å². The van der Waals surface area contributed by atoms with Crippen LogP contribution in [0.2, 0.25) is 0 Å². The summed E-state index contributed by atoms with van der Waals surface area (Å²) in [6.07, 6.45) is 5.77. The first kappa shape index (κ1) is 44.8. The third kappa shape index (κ3) is 7.52. The molecule has 2 aromatic rings. The number of rotatable bonds is 14. The lowest BCUT2D eigenvalue weighted by atomic mass is 10.0. The van der Waals surface area contributed by atoms with Crippen LogP contribution < -0.4 is 22.1 Å². The molecule has 2 aromatic carbocycles. The molecule has 22 heteroatoms. The van der Waals surface area contributed by atoms with Gasteiger partial charge < -0.3 is 37.1 Å². The normalized spacial score (nSPS) is 30.0. The van der Waals surface area contributed by atoms with E-state index < -0.39 is 94.2 Å². The highest BCUT2D eigenvalue weighted by Gasteiger charge is 2.67. The zero-order valence-corrected chi connectivity index (χ0v) is 36.9. The zero-order valence-electron chi connectivity index (χ0n) is 31.6. The van der Waals surface area contributed by atoms with E-state index in [0.29, 0.717) is 20.9 Å². The van der Waals surface area contributed by atoms with Crippen LogP contribution in [0.15, 0.2) is 82.1 Å². The Labute approximate surface area is 364 Å². The Bertz CT molecular complexity index is 2200. The molecule has 8 N–H and O–H groups in total. The molecule has 6 rings (SSSR count). The van der Waals surface area contributed by atoms with Crippen LogP contribution in [0.1, 0.15) is 11.1 Å². The van der Waals surface area contributed by atoms with Crippen molar-refractivity contribution in [2.24, 2.45) is 11.5 Å². The lowest BCUT2D eigenvalue weighted by Crippen LogP contribution is -2.77. The van der Waals surface area contributed by atoms with Crippen LogP contribution >= 0.6 is 70.6 Å². The summed E-state index contributed by atoms with van der Waals surface area (Å²) in [5.74, 6) is -7.36. The maximum Gasteiger partial charge on any atom is 0.361 e. The highest BCUT2D eigenvalue weighted by Crippen LogP contribution is 2.67. The van der Waals surface area contributed by atoms with Gasteiger partial charge in [-0.1, -0.05) is 24.3 Å². The SMILES string of the molecule is CS1(C(N)(CS)C(=O)O)CC=C(OC(=O)C2=CCS(C)(C(N)(CS)C(=O)O)C3C(NC(=O)Cc4ccc(S)cc4)C(=O)N23)N2C(=O)C(NC(=O)Cc3ccc(S)cc3)C21. The lowest BCUT2D eigenvalue weighted by molar-refractivity contribution is -0.157. The van der Waals surface area contributed by atoms with Crippen molar-refractivity contribution >= 4 is 112 Å². The van der Waals surface area contributed by atoms with E-state index in [1.807, 2.05) is 0 Å². The number of carbonyl (C=O) groups excluding carboxylic acids is 5. The van der Waals surface area contributed by atoms with Gasteiger partial charge in [-0.2, -0.15) is 45.3 Å². The minimum absolute atomic E-state index is 0.0587. The number of carboxylic acid groups (broad SMARTS) is 2. The van der Waals surface area contributed by atoms with Gasteiger partial charge in [0.05, 0.1) is 18.2 Å². The first-order valence-corrected chi connectivity index (χ1v) is 24.6. The van der Waals surface area contributed by atoms with E-state index in [2.05, 4.69) is 61.1 Å². The Morgan fingerprint density at radius 2 is 1.12 bits per heavy atom. The molecule has 4 aliphatic rings. The third-order valence-electron chi connectivity index (χ3n) is 11.4. The Kier molecular flexibility index (Phi) is 12.6. The molecule has 2 saturated heterocycles. The van der Waals surface area contributed by atoms with E-state index in [4.69, 9.17) is 16.2 Å². The number of carboxylic acids is 2. The number of aliphatic carboxylic acids is 2. The Balaban J connectivity index is 1.29. The number of β-lactam (4-membered cyclic amide) rings is 2. The van der Waals surface area contributed by atoms with Crippen LogP contribution in [0.25, 0.3) is 0 Å². The van der Waals surface area contributed by atoms with Crippen LogP contribution in [0, 0.1) is 0 Å². The first-order valence-electron chi connectivity index (χ1n) is 17.9. The van der Waals surface area contributed by atoms with E-state index in [1.165, 1.54) is 12.2 Å². The topological polar surface area (TPSA) is 252 Å². The summed E-state index contributed by atoms with van der Waals surface area (Å²) in [7, 11) is -5.34. The summed E-state index contributed by atoms with van der Waals surface area (Å²) < 4.78 is 5.83. The number of benzene rings is 2. The molecule has 4 heterocycles. The number of nitrogens with two attached hydrogens (primary N) is 2. The van der Waals surface area contributed by atoms with Gasteiger partial charge in [-0.3, -0.25) is 29.0 Å². The Hall–Kier alpha value is -3.77. The van der Waals surface area contributed by atoms with Crippen molar-refractivity contribution in [2.45, 2.75) is 55.2 Å². The second kappa shape index (κ2) is 16.6. The molecule has 0 aromatic heterocycles. The van der Waals surface area contributed by atoms with E-state index in [1.54, 1.807) is 61.0 Å². The van der Waals surface area contributed by atoms with E-state index in [0.717, 1.165) is 9.80 Å². The predicted octanol–water partition coefficient (Wildman–Crippen LogP) is 0.859. The van der Waals surface area contributed by atoms with Gasteiger partial charge in [0.15, 0.2) is 9.74 Å². The molecule has 4 amide bonds. The molecule has 0 bridgehead atoms. The average molecular weight is 925 g/mol. The molecule has 0 radical (unpaired) electrons. The third-order valence-corrected chi connectivity index (χ3v) is 22.2. The van der Waals surface area contributed by atoms with Crippen molar-refractivity contribution in [1.82, 2.24) is 20.4 Å². The van der Waals surface area contributed by atoms with Gasteiger partial charge in [-0.25, -0.2) is 14.4 Å². The summed E-state index contributed by atoms with van der Waals surface area (Å²) in [5.41, 5.74) is 14.1. The van der Waals surface area contributed by atoms with Crippen LogP contribution in [0.5, 0.6) is 0 Å². The molecule has 59 heavy (non-hydrogen) atoms. The number of hydrogen-bond acceptors (Lipinski definition) is 14. The average Bonchev–Trinajstić information content (AvgIpc) is 3.20. The van der Waals surface area contributed by atoms with Gasteiger partial charge in [0.25, 0.3) is 11.8 Å². The number of esters is 1. The van der Waals surface area contributed by atoms with Crippen molar-refractivity contribution in [1.29, 1.82) is 0 Å². The first-order chi connectivity index (χ1) is 27.7. The number of hydrogen-bond donors (Lipinski definition) is 10. The monoisotopic (exact) mass is 924 g/mol. The summed E-state index contributed by atoms with van der Waals surface area (Å²) in [4.78, 5) is 93.5. The van der Waals surface area contributed by atoms with Gasteiger partial charge >= 0.3 is 17.9 Å². The number of fused-ring (bicyclic) bond motifs is 2. The highest BCUT2D eigenvalue weighted by atomic mass is 32.3. The van der Waals surface area contributed by atoms with Gasteiger partial charge in [-0.15, -0.1) is 25.3 Å². The van der Waals surface area contributed by atoms with Crippen molar-refractivity contribution in [3.05, 3.63) is 83.4 Å². The number of amides is 4. The standard InChI is InChI=1S/C37H44N6O10S6/c1-58(36(38,17-54)34(49)50)13-11-23(42-29(46)27(31(42)58)40-24(44)15-19-3-7-21(56)8-4-19)33(48)53-26-12-14-59(2,37(39,18-55)35(51)52)32-28(30(47)43(26)32)41-25(45)16-20-5-9-22(57)10-6-20/h3-12,27-28,31-32,54-57H,13-18,38-39H2,1-2H3,(H,40,44)(H,41,45)(H,49,50)(H,51,52). The van der Waals surface area contributed by atoms with Crippen molar-refractivity contribution < 1.29 is 48.5 Å². The Morgan fingerprint density at radius 1 is 0.729 bits per heavy atom. The van der Waals surface area contributed by atoms with Crippen LogP contribution in [-0.2, 0) is 51.1 Å². The summed E-state index contributed by atoms with van der Waals surface area (Å²) in [5, 5.41) is 24.0. The molecular weight excluding hydrogens is 881 g/mol. The van der Waals surface area contributed by atoms with Crippen LogP contribution in [0.4, 0.5) is 0 Å². The Morgan fingerprint density at radius 3 is 1.53 bits per heavy atom. The van der Waals surface area contributed by atoms with Gasteiger partial charge in [0.2, 0.25) is 17.7 Å². The second-order valence-electron chi connectivity index (χ2n) is 14.8. The fraction of sp³-hybridized carbons (Fsp3) is 0.378. The van der Waals surface area contributed by atoms with E-state index in [-0.39, 0.29) is 47.4 Å². The smallest absolute Gasteiger partial charge is 0.361 e. The molecule has 16 nitrogen and oxygen atoms in total. The summed E-state index contributed by atoms with van der Waals surface area (Å²) in [6, 6.07) is 11.1. The molecular formula is C37H44N6O10S6. The van der Waals surface area contributed by atoms with Gasteiger partial charge in [0.1, 0.15) is 23.2 Å². The minimum atomic E-state index is -2.68. The minimum Gasteiger partial charge on any atom is -0.479 e. The number of nitrogens with one attached hydrogen (secondary N) is 2. The molecule has 8 atom stereocenters. The summed E-state index contributed by atoms with van der Waals surface area (Å²) >= 11 is 17.1. The van der Waals surface area contributed by atoms with Gasteiger partial charge in [-0.05, 0) is 60.1 Å². The van der Waals surface area contributed by atoms with Gasteiger partial charge in [0, 0.05) is 32.8 Å². The van der Waals surface area contributed by atoms with E-state index >= 15 is 0 Å². The summed E-state index contributed by atoms with van der Waals surface area (Å²) in [6.45, 7) is 0. The molecule has 0 spiro atoms. The lowest BCUT2D eigenvalue weighted by Gasteiger charge is -2.64. The van der Waals surface area contributed by atoms with Crippen LogP contribution in [-0.4, -0.2) is 130 Å². The zero-order chi connectivity index (χ0) is 43.4. The predicted molar refractivity (Wildman–Crippen MR) is 236 cm³/mol. The van der Waals surface area contributed by atoms with Crippen molar-refractivity contribution in [2.75, 3.05) is 35.5 Å². The molecule has 318 valence electrons. The maximum atomic E-state index is 14.1. The molecule has 0 saturated carbocycles.